The van der Waals surface area contributed by atoms with E-state index < -0.39 is 0 Å². The number of rotatable bonds is 0. The third-order valence-corrected chi connectivity index (χ3v) is 0.0847. The van der Waals surface area contributed by atoms with Gasteiger partial charge >= 0.3 is 20.4 Å². The van der Waals surface area contributed by atoms with Crippen LogP contribution in [0.25, 0.3) is 10.3 Å². The van der Waals surface area contributed by atoms with Gasteiger partial charge in [-0.3, -0.25) is 0 Å². The van der Waals surface area contributed by atoms with E-state index in [4.69, 9.17) is 21.8 Å². The molecule has 0 amide bonds. The Kier molecular flexibility index (Phi) is 73.9. The van der Waals surface area contributed by atoms with Gasteiger partial charge in [0.25, 0.3) is 22.0 Å². The number of halogens is 1. The zero-order valence-electron chi connectivity index (χ0n) is 5.22. The molecule has 0 bridgehead atoms. The van der Waals surface area contributed by atoms with Crippen LogP contribution in [0.4, 0.5) is 4.48 Å². The summed E-state index contributed by atoms with van der Waals surface area (Å²) in [6.07, 6.45) is 0. The van der Waals surface area contributed by atoms with Gasteiger partial charge in [0.1, 0.15) is 5.53 Å². The summed E-state index contributed by atoms with van der Waals surface area (Å²) in [5.41, 5.74) is 11.5. The highest BCUT2D eigenvalue weighted by atomic mass is 19.2. The molecule has 56 valence electrons. The first-order valence-corrected chi connectivity index (χ1v) is 1.73. The summed E-state index contributed by atoms with van der Waals surface area (Å²) in [6, 6.07) is 0. The van der Waals surface area contributed by atoms with E-state index in [9.17, 15) is 4.48 Å². The third kappa shape index (κ3) is 763. The standard InChI is InChI=1S/CH3N2.FN2.HN5/c2*1-3-2;1-3-5-4-2/h2H,1H2;;1H/q2*+1;+2. The van der Waals surface area contributed by atoms with Crippen molar-refractivity contribution in [3.63, 3.8) is 0 Å². The predicted octanol–water partition coefficient (Wildman–Crippen LogP) is 0.955. The molecule has 0 aliphatic carbocycles. The van der Waals surface area contributed by atoms with E-state index in [0.29, 0.717) is 0 Å². The van der Waals surface area contributed by atoms with Crippen LogP contribution in [0.2, 0.25) is 0 Å². The van der Waals surface area contributed by atoms with Crippen LogP contribution >= 0.6 is 0 Å². The number of hydrogen-bond acceptors (Lipinski definition) is 5. The van der Waals surface area contributed by atoms with E-state index in [1.165, 1.54) is 0 Å². The van der Waals surface area contributed by atoms with Gasteiger partial charge in [0.2, 0.25) is 0 Å². The van der Waals surface area contributed by atoms with Crippen LogP contribution in [0.5, 0.6) is 0 Å². The molecule has 2 N–H and O–H groups in total. The first-order chi connectivity index (χ1) is 5.24. The molecule has 0 aliphatic heterocycles. The van der Waals surface area contributed by atoms with Crippen molar-refractivity contribution in [3.8, 4) is 0 Å². The third-order valence-electron chi connectivity index (χ3n) is 0.0847. The molecule has 0 aromatic carbocycles. The molecule has 0 rings (SSSR count). The Hall–Kier alpha value is -2.54. The van der Waals surface area contributed by atoms with Crippen LogP contribution in [0, 0.1) is 21.8 Å². The highest BCUT2D eigenvalue weighted by Crippen LogP contribution is 1.50. The lowest BCUT2D eigenvalue weighted by Gasteiger charge is -0.946. The Morgan fingerprint density at radius 3 is 1.64 bits per heavy atom. The smallest absolute Gasteiger partial charge is 0.0384 e. The fourth-order valence-corrected chi connectivity index (χ4v) is 0.0200. The van der Waals surface area contributed by atoms with Gasteiger partial charge in [-0.25, -0.2) is 0 Å². The lowest BCUT2D eigenvalue weighted by atomic mass is 11.8. The molecule has 0 spiro atoms. The highest BCUT2D eigenvalue weighted by Gasteiger charge is 1.84. The van der Waals surface area contributed by atoms with Crippen LogP contribution in [-0.2, 0) is 0 Å². The Morgan fingerprint density at radius 2 is 1.64 bits per heavy atom. The van der Waals surface area contributed by atoms with Gasteiger partial charge < -0.3 is 0 Å². The topological polar surface area (TPSA) is 145 Å². The summed E-state index contributed by atoms with van der Waals surface area (Å²) in [6.45, 7) is 2.78. The first-order valence-electron chi connectivity index (χ1n) is 1.73. The van der Waals surface area contributed by atoms with Gasteiger partial charge in [-0.05, 0) is 0 Å². The minimum absolute atomic E-state index is 1.00. The summed E-state index contributed by atoms with van der Waals surface area (Å²) in [7, 11) is 0. The summed E-state index contributed by atoms with van der Waals surface area (Å²) in [5.74, 6) is 0. The molecule has 0 radical (unpaired) electrons. The van der Waals surface area contributed by atoms with Crippen LogP contribution in [0.3, 0.4) is 0 Å². The second kappa shape index (κ2) is 51.4. The van der Waals surface area contributed by atoms with Crippen molar-refractivity contribution in [2.45, 2.75) is 0 Å². The van der Waals surface area contributed by atoms with E-state index in [-0.39, 0.29) is 0 Å². The Balaban J connectivity index is -0.0000000933. The van der Waals surface area contributed by atoms with Gasteiger partial charge in [0.05, 0.1) is 5.53 Å². The average Bonchev–Trinajstić information content (AvgIpc) is 1.92. The molecule has 11 heavy (non-hydrogen) atoms. The van der Waals surface area contributed by atoms with Crippen molar-refractivity contribution < 1.29 is 9.27 Å². The van der Waals surface area contributed by atoms with E-state index in [1.807, 2.05) is 0 Å². The second-order valence-corrected chi connectivity index (χ2v) is 0.513. The van der Waals surface area contributed by atoms with E-state index in [0.717, 1.165) is 5.20 Å². The van der Waals surface area contributed by atoms with Gasteiger partial charge in [-0.15, -0.1) is 0 Å². The Morgan fingerprint density at radius 1 is 1.36 bits per heavy atom. The maximum Gasteiger partial charge on any atom is 0.609 e. The molecule has 9 nitrogen and oxygen atoms in total. The largest absolute Gasteiger partial charge is 0.609 e. The number of nitrogens with one attached hydrogen (secondary N) is 2. The second-order valence-electron chi connectivity index (χ2n) is 0.513. The maximum absolute atomic E-state index is 9.47. The zero-order chi connectivity index (χ0) is 9.54. The maximum atomic E-state index is 9.47. The fraction of sp³-hybridized carbons (Fsp3) is 0. The molecular weight excluding hydrogens is 157 g/mol. The fourth-order valence-electron chi connectivity index (χ4n) is 0.0200. The molecule has 0 aromatic heterocycles. The minimum Gasteiger partial charge on any atom is 0.0384 e. The monoisotopic (exact) mass is 161 g/mol. The first kappa shape index (κ1) is 15.8. The molecule has 0 saturated heterocycles. The Bertz CT molecular complexity index is 215. The lowest BCUT2D eigenvalue weighted by molar-refractivity contribution is -0.106. The van der Waals surface area contributed by atoms with Crippen LogP contribution in [0.15, 0.2) is 5.22 Å². The van der Waals surface area contributed by atoms with Crippen LogP contribution < -0.4 is 4.91 Å². The van der Waals surface area contributed by atoms with Crippen molar-refractivity contribution in [1.82, 2.24) is 4.91 Å². The van der Waals surface area contributed by atoms with E-state index >= 15 is 0 Å². The quantitative estimate of drug-likeness (QED) is 0.179. The van der Waals surface area contributed by atoms with Gasteiger partial charge in [-0.1, -0.05) is 0 Å². The van der Waals surface area contributed by atoms with Gasteiger partial charge in [0.15, 0.2) is 0 Å². The molecule has 10 heteroatoms. The number of nitrogens with zero attached hydrogens (tertiary/aromatic N) is 7. The van der Waals surface area contributed by atoms with Gasteiger partial charge in [0, 0.05) is 4.79 Å². The molecule has 0 unspecified atom stereocenters. The van der Waals surface area contributed by atoms with Crippen molar-refractivity contribution in [1.29, 1.82) is 21.8 Å². The van der Waals surface area contributed by atoms with Crippen molar-refractivity contribution in [2.75, 3.05) is 0 Å². The van der Waals surface area contributed by atoms with E-state index in [2.05, 4.69) is 26.7 Å². The molecule has 0 fully saturated rings. The molecule has 0 heterocycles. The average molecular weight is 161 g/mol. The lowest BCUT2D eigenvalue weighted by Crippen LogP contribution is -1.39. The summed E-state index contributed by atoms with van der Waals surface area (Å²) >= 11 is 0. The summed E-state index contributed by atoms with van der Waals surface area (Å²) in [5, 5.41) is 19.4. The predicted molar refractivity (Wildman–Crippen MR) is 28.7 cm³/mol. The molecule has 0 aliphatic rings. The molecular formula is CH4FN9+4. The van der Waals surface area contributed by atoms with Gasteiger partial charge in [-0.2, -0.15) is 0 Å². The van der Waals surface area contributed by atoms with Crippen LogP contribution in [0.1, 0.15) is 0 Å². The molecule has 0 saturated carbocycles. The summed E-state index contributed by atoms with van der Waals surface area (Å²) < 4.78 is 9.47. The van der Waals surface area contributed by atoms with Crippen molar-refractivity contribution >= 4 is 6.72 Å². The SMILES string of the molecule is C=[N+]=N.N#[N+]F.N#[N+]N=[N+]=N. The van der Waals surface area contributed by atoms with Crippen molar-refractivity contribution in [2.24, 2.45) is 5.22 Å². The molecule has 0 aromatic rings. The number of hydrogen-bond donors (Lipinski definition) is 2. The normalized spacial score (nSPS) is 3.18. The minimum atomic E-state index is 1.00. The Labute approximate surface area is 59.5 Å². The number of diazo groups is 2. The van der Waals surface area contributed by atoms with Crippen molar-refractivity contribution in [3.05, 3.63) is 10.3 Å². The van der Waals surface area contributed by atoms with Crippen LogP contribution in [-0.4, -0.2) is 11.5 Å². The zero-order valence-corrected chi connectivity index (χ0v) is 5.22. The summed E-state index contributed by atoms with van der Waals surface area (Å²) in [4.78, 5) is 4.81. The highest BCUT2D eigenvalue weighted by molar-refractivity contribution is 5.11. The molecule has 0 atom stereocenters. The van der Waals surface area contributed by atoms with E-state index in [1.54, 1.807) is 0 Å².